The Kier molecular flexibility index (Phi) is 4.93. The van der Waals surface area contributed by atoms with Crippen molar-refractivity contribution < 1.29 is 4.79 Å². The standard InChI is InChI=1S/C17H21N3O/c1-4-19-16-9-10-18-11-15(16)17(21)20-13(3)14-7-5-12(2)6-8-14/h5-11,13H,4H2,1-3H3,(H,18,19)(H,20,21). The maximum atomic E-state index is 12.4. The summed E-state index contributed by atoms with van der Waals surface area (Å²) in [7, 11) is 0. The quantitative estimate of drug-likeness (QED) is 0.885. The fourth-order valence-corrected chi connectivity index (χ4v) is 2.13. The van der Waals surface area contributed by atoms with E-state index in [2.05, 4.69) is 15.6 Å². The second-order valence-electron chi connectivity index (χ2n) is 5.06. The number of aromatic nitrogens is 1. The minimum Gasteiger partial charge on any atom is -0.385 e. The number of aryl methyl sites for hydroxylation is 1. The summed E-state index contributed by atoms with van der Waals surface area (Å²) in [5.74, 6) is -0.118. The zero-order valence-corrected chi connectivity index (χ0v) is 12.7. The predicted molar refractivity (Wildman–Crippen MR) is 85.5 cm³/mol. The minimum absolute atomic E-state index is 0.0483. The largest absolute Gasteiger partial charge is 0.385 e. The third-order valence-corrected chi connectivity index (χ3v) is 3.36. The van der Waals surface area contributed by atoms with Crippen molar-refractivity contribution in [2.75, 3.05) is 11.9 Å². The van der Waals surface area contributed by atoms with Crippen LogP contribution < -0.4 is 10.6 Å². The molecule has 1 aromatic carbocycles. The average Bonchev–Trinajstić information content (AvgIpc) is 2.48. The molecule has 1 atom stereocenters. The van der Waals surface area contributed by atoms with Crippen LogP contribution >= 0.6 is 0 Å². The Morgan fingerprint density at radius 2 is 1.95 bits per heavy atom. The Morgan fingerprint density at radius 1 is 1.24 bits per heavy atom. The summed E-state index contributed by atoms with van der Waals surface area (Å²) in [6.45, 7) is 6.78. The van der Waals surface area contributed by atoms with E-state index in [4.69, 9.17) is 0 Å². The van der Waals surface area contributed by atoms with Crippen LogP contribution in [0.5, 0.6) is 0 Å². The molecule has 2 rings (SSSR count). The molecule has 0 saturated heterocycles. The summed E-state index contributed by atoms with van der Waals surface area (Å²) in [4.78, 5) is 16.4. The Labute approximate surface area is 125 Å². The molecule has 0 fully saturated rings. The summed E-state index contributed by atoms with van der Waals surface area (Å²) >= 11 is 0. The highest BCUT2D eigenvalue weighted by Gasteiger charge is 2.14. The van der Waals surface area contributed by atoms with Crippen molar-refractivity contribution in [2.24, 2.45) is 0 Å². The molecule has 0 spiro atoms. The van der Waals surface area contributed by atoms with Gasteiger partial charge in [-0.25, -0.2) is 0 Å². The van der Waals surface area contributed by atoms with Gasteiger partial charge in [0.2, 0.25) is 0 Å². The fraction of sp³-hybridized carbons (Fsp3) is 0.294. The molecule has 1 heterocycles. The van der Waals surface area contributed by atoms with Gasteiger partial charge in [0.1, 0.15) is 0 Å². The number of hydrogen-bond donors (Lipinski definition) is 2. The van der Waals surface area contributed by atoms with Crippen LogP contribution in [0.15, 0.2) is 42.7 Å². The average molecular weight is 283 g/mol. The van der Waals surface area contributed by atoms with Crippen LogP contribution in [-0.2, 0) is 0 Å². The lowest BCUT2D eigenvalue weighted by molar-refractivity contribution is 0.0940. The Bertz CT molecular complexity index is 608. The molecule has 4 heteroatoms. The highest BCUT2D eigenvalue weighted by Crippen LogP contribution is 2.17. The molecule has 110 valence electrons. The lowest BCUT2D eigenvalue weighted by atomic mass is 10.1. The fourth-order valence-electron chi connectivity index (χ4n) is 2.13. The summed E-state index contributed by atoms with van der Waals surface area (Å²) in [6, 6.07) is 9.93. The van der Waals surface area contributed by atoms with E-state index in [9.17, 15) is 4.79 Å². The van der Waals surface area contributed by atoms with Gasteiger partial charge in [-0.1, -0.05) is 29.8 Å². The summed E-state index contributed by atoms with van der Waals surface area (Å²) < 4.78 is 0. The van der Waals surface area contributed by atoms with Gasteiger partial charge < -0.3 is 10.6 Å². The van der Waals surface area contributed by atoms with Crippen LogP contribution in [0.25, 0.3) is 0 Å². The molecular formula is C17H21N3O. The maximum absolute atomic E-state index is 12.4. The zero-order chi connectivity index (χ0) is 15.2. The third kappa shape index (κ3) is 3.81. The van der Waals surface area contributed by atoms with E-state index in [1.54, 1.807) is 12.4 Å². The molecule has 0 aliphatic heterocycles. The Balaban J connectivity index is 2.12. The van der Waals surface area contributed by atoms with Gasteiger partial charge in [0, 0.05) is 18.9 Å². The maximum Gasteiger partial charge on any atom is 0.255 e. The van der Waals surface area contributed by atoms with Gasteiger partial charge in [0.15, 0.2) is 0 Å². The first-order valence-electron chi connectivity index (χ1n) is 7.17. The molecule has 0 bridgehead atoms. The molecule has 2 aromatic rings. The Hall–Kier alpha value is -2.36. The van der Waals surface area contributed by atoms with Crippen molar-refractivity contribution >= 4 is 11.6 Å². The third-order valence-electron chi connectivity index (χ3n) is 3.36. The molecule has 0 radical (unpaired) electrons. The first-order chi connectivity index (χ1) is 10.1. The molecule has 1 aromatic heterocycles. The molecule has 0 aliphatic carbocycles. The molecule has 4 nitrogen and oxygen atoms in total. The van der Waals surface area contributed by atoms with Gasteiger partial charge in [-0.15, -0.1) is 0 Å². The van der Waals surface area contributed by atoms with Crippen LogP contribution in [0.1, 0.15) is 41.4 Å². The number of benzene rings is 1. The molecule has 0 saturated carbocycles. The van der Waals surface area contributed by atoms with Gasteiger partial charge in [0.25, 0.3) is 5.91 Å². The van der Waals surface area contributed by atoms with Crippen LogP contribution in [-0.4, -0.2) is 17.4 Å². The van der Waals surface area contributed by atoms with Crippen molar-refractivity contribution in [3.8, 4) is 0 Å². The van der Waals surface area contributed by atoms with Crippen LogP contribution in [0, 0.1) is 6.92 Å². The van der Waals surface area contributed by atoms with Crippen molar-refractivity contribution in [3.63, 3.8) is 0 Å². The summed E-state index contributed by atoms with van der Waals surface area (Å²) in [5, 5.41) is 6.19. The number of pyridine rings is 1. The van der Waals surface area contributed by atoms with Gasteiger partial charge in [-0.05, 0) is 32.4 Å². The van der Waals surface area contributed by atoms with E-state index in [0.29, 0.717) is 5.56 Å². The van der Waals surface area contributed by atoms with E-state index < -0.39 is 0 Å². The van der Waals surface area contributed by atoms with E-state index in [1.165, 1.54) is 5.56 Å². The van der Waals surface area contributed by atoms with Crippen molar-refractivity contribution in [1.29, 1.82) is 0 Å². The lowest BCUT2D eigenvalue weighted by Crippen LogP contribution is -2.27. The summed E-state index contributed by atoms with van der Waals surface area (Å²) in [6.07, 6.45) is 3.27. The van der Waals surface area contributed by atoms with E-state index in [0.717, 1.165) is 17.8 Å². The molecule has 2 N–H and O–H groups in total. The van der Waals surface area contributed by atoms with Gasteiger partial charge in [-0.3, -0.25) is 9.78 Å². The summed E-state index contributed by atoms with van der Waals surface area (Å²) in [5.41, 5.74) is 3.67. The molecule has 0 aliphatic rings. The van der Waals surface area contributed by atoms with Gasteiger partial charge >= 0.3 is 0 Å². The van der Waals surface area contributed by atoms with E-state index in [1.807, 2.05) is 51.1 Å². The monoisotopic (exact) mass is 283 g/mol. The molecule has 1 amide bonds. The van der Waals surface area contributed by atoms with E-state index >= 15 is 0 Å². The number of carbonyl (C=O) groups is 1. The van der Waals surface area contributed by atoms with Crippen LogP contribution in [0.3, 0.4) is 0 Å². The number of rotatable bonds is 5. The first-order valence-corrected chi connectivity index (χ1v) is 7.17. The van der Waals surface area contributed by atoms with Crippen LogP contribution in [0.2, 0.25) is 0 Å². The number of anilines is 1. The molecule has 21 heavy (non-hydrogen) atoms. The number of carbonyl (C=O) groups excluding carboxylic acids is 1. The second-order valence-corrected chi connectivity index (χ2v) is 5.06. The van der Waals surface area contributed by atoms with Crippen LogP contribution in [0.4, 0.5) is 5.69 Å². The number of hydrogen-bond acceptors (Lipinski definition) is 3. The zero-order valence-electron chi connectivity index (χ0n) is 12.7. The SMILES string of the molecule is CCNc1ccncc1C(=O)NC(C)c1ccc(C)cc1. The first kappa shape index (κ1) is 15.0. The Morgan fingerprint density at radius 3 is 2.62 bits per heavy atom. The van der Waals surface area contributed by atoms with Gasteiger partial charge in [0.05, 0.1) is 17.3 Å². The number of nitrogens with one attached hydrogen (secondary N) is 2. The van der Waals surface area contributed by atoms with Crippen molar-refractivity contribution in [1.82, 2.24) is 10.3 Å². The smallest absolute Gasteiger partial charge is 0.255 e. The predicted octanol–water partition coefficient (Wildman–Crippen LogP) is 3.31. The van der Waals surface area contributed by atoms with Crippen molar-refractivity contribution in [3.05, 3.63) is 59.4 Å². The topological polar surface area (TPSA) is 54.0 Å². The molecular weight excluding hydrogens is 262 g/mol. The minimum atomic E-state index is -0.118. The van der Waals surface area contributed by atoms with E-state index in [-0.39, 0.29) is 11.9 Å². The van der Waals surface area contributed by atoms with Crippen molar-refractivity contribution in [2.45, 2.75) is 26.8 Å². The highest BCUT2D eigenvalue weighted by atomic mass is 16.1. The highest BCUT2D eigenvalue weighted by molar-refractivity contribution is 5.99. The second kappa shape index (κ2) is 6.88. The lowest BCUT2D eigenvalue weighted by Gasteiger charge is -2.16. The molecule has 1 unspecified atom stereocenters. The van der Waals surface area contributed by atoms with Gasteiger partial charge in [-0.2, -0.15) is 0 Å². The number of nitrogens with zero attached hydrogens (tertiary/aromatic N) is 1. The normalized spacial score (nSPS) is 11.8. The number of amides is 1.